The highest BCUT2D eigenvalue weighted by Crippen LogP contribution is 2.22. The molecule has 0 unspecified atom stereocenters. The molecule has 0 aliphatic rings. The third kappa shape index (κ3) is 5.18. The van der Waals surface area contributed by atoms with E-state index in [0.29, 0.717) is 5.75 Å². The Hall–Kier alpha value is -3.03. The number of hydrogen-bond donors (Lipinski definition) is 0. The summed E-state index contributed by atoms with van der Waals surface area (Å²) in [5.41, 5.74) is 0.0676. The zero-order valence-electron chi connectivity index (χ0n) is 16.5. The van der Waals surface area contributed by atoms with E-state index in [1.165, 1.54) is 23.8 Å². The van der Waals surface area contributed by atoms with Crippen LogP contribution < -0.4 is 9.54 Å². The number of terminal acetylenes is 1. The zero-order valence-corrected chi connectivity index (χ0v) is 18.1. The Labute approximate surface area is 181 Å². The van der Waals surface area contributed by atoms with E-state index in [-0.39, 0.29) is 45.1 Å². The van der Waals surface area contributed by atoms with Crippen molar-refractivity contribution in [2.75, 3.05) is 12.9 Å². The third-order valence-electron chi connectivity index (χ3n) is 4.39. The van der Waals surface area contributed by atoms with Crippen LogP contribution in [-0.2, 0) is 21.2 Å². The molecule has 3 rings (SSSR count). The molecular weight excluding hydrogens is 446 g/mol. The van der Waals surface area contributed by atoms with Crippen molar-refractivity contribution in [1.82, 2.24) is 4.57 Å². The highest BCUT2D eigenvalue weighted by molar-refractivity contribution is 7.91. The average Bonchev–Trinajstić information content (AvgIpc) is 3.05. The van der Waals surface area contributed by atoms with Gasteiger partial charge < -0.3 is 9.30 Å². The highest BCUT2D eigenvalue weighted by atomic mass is 32.2. The number of amides is 1. The van der Waals surface area contributed by atoms with E-state index < -0.39 is 27.4 Å². The van der Waals surface area contributed by atoms with Crippen molar-refractivity contribution in [2.45, 2.75) is 24.3 Å². The predicted octanol–water partition coefficient (Wildman–Crippen LogP) is 3.30. The molecule has 6 nitrogen and oxygen atoms in total. The SMILES string of the molecule is C#CCn1c(=NC(=O)CCCS(=O)(=O)c2ccc(OC)cc2)sc2cc(F)cc(F)c21. The number of halogens is 2. The monoisotopic (exact) mass is 464 g/mol. The van der Waals surface area contributed by atoms with Crippen molar-refractivity contribution in [3.8, 4) is 18.1 Å². The van der Waals surface area contributed by atoms with Gasteiger partial charge in [0.05, 0.1) is 34.5 Å². The molecular formula is C21H18F2N2O4S2. The number of aromatic nitrogens is 1. The highest BCUT2D eigenvalue weighted by Gasteiger charge is 2.16. The number of fused-ring (bicyclic) bond motifs is 1. The normalized spacial score (nSPS) is 12.1. The Balaban J connectivity index is 1.77. The molecule has 0 atom stereocenters. The van der Waals surface area contributed by atoms with E-state index in [1.54, 1.807) is 12.1 Å². The van der Waals surface area contributed by atoms with Gasteiger partial charge in [0.1, 0.15) is 11.6 Å². The molecule has 0 fully saturated rings. The standard InChI is InChI=1S/C21H18F2N2O4S2/c1-3-10-25-20-17(23)12-14(22)13-18(20)30-21(25)24-19(26)5-4-11-31(27,28)16-8-6-15(29-2)7-9-16/h1,6-9,12-13H,4-5,10-11H2,2H3. The maximum atomic E-state index is 14.2. The fourth-order valence-corrected chi connectivity index (χ4v) is 5.33. The number of carbonyl (C=O) groups excluding carboxylic acids is 1. The zero-order chi connectivity index (χ0) is 22.6. The van der Waals surface area contributed by atoms with Crippen LogP contribution in [0.3, 0.4) is 0 Å². The topological polar surface area (TPSA) is 77.7 Å². The number of carbonyl (C=O) groups is 1. The van der Waals surface area contributed by atoms with Crippen LogP contribution in [0.5, 0.6) is 5.75 Å². The Morgan fingerprint density at radius 2 is 1.97 bits per heavy atom. The quantitative estimate of drug-likeness (QED) is 0.503. The summed E-state index contributed by atoms with van der Waals surface area (Å²) in [6, 6.07) is 7.84. The van der Waals surface area contributed by atoms with Gasteiger partial charge in [0.25, 0.3) is 0 Å². The predicted molar refractivity (Wildman–Crippen MR) is 113 cm³/mol. The summed E-state index contributed by atoms with van der Waals surface area (Å²) in [5, 5.41) is 0. The molecule has 0 bridgehead atoms. The van der Waals surface area contributed by atoms with E-state index in [9.17, 15) is 22.0 Å². The van der Waals surface area contributed by atoms with Crippen LogP contribution in [0, 0.1) is 24.0 Å². The first kappa shape index (κ1) is 22.7. The van der Waals surface area contributed by atoms with Crippen molar-refractivity contribution >= 4 is 37.3 Å². The number of ether oxygens (including phenoxy) is 1. The fraction of sp³-hybridized carbons (Fsp3) is 0.238. The van der Waals surface area contributed by atoms with E-state index in [1.807, 2.05) is 0 Å². The van der Waals surface area contributed by atoms with Gasteiger partial charge in [0.2, 0.25) is 5.91 Å². The van der Waals surface area contributed by atoms with Gasteiger partial charge in [-0.1, -0.05) is 17.3 Å². The van der Waals surface area contributed by atoms with Crippen LogP contribution in [0.2, 0.25) is 0 Å². The van der Waals surface area contributed by atoms with Gasteiger partial charge in [-0.25, -0.2) is 17.2 Å². The Morgan fingerprint density at radius 3 is 2.61 bits per heavy atom. The molecule has 0 spiro atoms. The summed E-state index contributed by atoms with van der Waals surface area (Å²) in [7, 11) is -2.09. The van der Waals surface area contributed by atoms with Gasteiger partial charge in [-0.05, 0) is 36.8 Å². The van der Waals surface area contributed by atoms with E-state index in [0.717, 1.165) is 23.5 Å². The van der Waals surface area contributed by atoms with Gasteiger partial charge in [-0.3, -0.25) is 4.79 Å². The van der Waals surface area contributed by atoms with Crippen molar-refractivity contribution in [2.24, 2.45) is 4.99 Å². The lowest BCUT2D eigenvalue weighted by atomic mass is 10.3. The van der Waals surface area contributed by atoms with Crippen molar-refractivity contribution < 1.29 is 26.7 Å². The Morgan fingerprint density at radius 1 is 1.26 bits per heavy atom. The molecule has 0 saturated carbocycles. The molecule has 0 radical (unpaired) electrons. The second-order valence-electron chi connectivity index (χ2n) is 6.51. The lowest BCUT2D eigenvalue weighted by Crippen LogP contribution is -2.17. The fourth-order valence-electron chi connectivity index (χ4n) is 2.93. The molecule has 0 aliphatic carbocycles. The van der Waals surface area contributed by atoms with Crippen molar-refractivity contribution in [3.05, 3.63) is 52.8 Å². The molecule has 0 N–H and O–H groups in total. The molecule has 0 aliphatic heterocycles. The summed E-state index contributed by atoms with van der Waals surface area (Å²) in [6.07, 6.45) is 5.25. The lowest BCUT2D eigenvalue weighted by molar-refractivity contribution is -0.118. The Bertz CT molecular complexity index is 1330. The summed E-state index contributed by atoms with van der Waals surface area (Å²) in [6.45, 7) is -0.0550. The van der Waals surface area contributed by atoms with Gasteiger partial charge in [0.15, 0.2) is 20.5 Å². The second-order valence-corrected chi connectivity index (χ2v) is 9.63. The van der Waals surface area contributed by atoms with Crippen LogP contribution >= 0.6 is 11.3 Å². The van der Waals surface area contributed by atoms with Crippen LogP contribution in [0.15, 0.2) is 46.3 Å². The number of sulfone groups is 1. The molecule has 3 aromatic rings. The largest absolute Gasteiger partial charge is 0.497 e. The minimum Gasteiger partial charge on any atom is -0.497 e. The number of nitrogens with zero attached hydrogens (tertiary/aromatic N) is 2. The van der Waals surface area contributed by atoms with E-state index in [4.69, 9.17) is 11.2 Å². The van der Waals surface area contributed by atoms with Crippen LogP contribution in [0.25, 0.3) is 10.2 Å². The maximum Gasteiger partial charge on any atom is 0.248 e. The molecule has 1 aromatic heterocycles. The number of rotatable bonds is 7. The summed E-state index contributed by atoms with van der Waals surface area (Å²) >= 11 is 0.930. The maximum absolute atomic E-state index is 14.2. The van der Waals surface area contributed by atoms with E-state index in [2.05, 4.69) is 10.9 Å². The molecule has 2 aromatic carbocycles. The smallest absolute Gasteiger partial charge is 0.248 e. The number of methoxy groups -OCH3 is 1. The first-order valence-corrected chi connectivity index (χ1v) is 11.6. The van der Waals surface area contributed by atoms with Crippen molar-refractivity contribution in [3.63, 3.8) is 0 Å². The second kappa shape index (κ2) is 9.41. The van der Waals surface area contributed by atoms with Crippen LogP contribution in [-0.4, -0.2) is 31.8 Å². The lowest BCUT2D eigenvalue weighted by Gasteiger charge is -2.05. The molecule has 1 amide bonds. The molecule has 10 heteroatoms. The molecule has 0 saturated heterocycles. The third-order valence-corrected chi connectivity index (χ3v) is 7.23. The number of hydrogen-bond acceptors (Lipinski definition) is 5. The minimum atomic E-state index is -3.57. The first-order valence-electron chi connectivity index (χ1n) is 9.11. The Kier molecular flexibility index (Phi) is 6.87. The van der Waals surface area contributed by atoms with Crippen LogP contribution in [0.1, 0.15) is 12.8 Å². The van der Waals surface area contributed by atoms with Gasteiger partial charge in [-0.15, -0.1) is 6.42 Å². The number of benzene rings is 2. The summed E-state index contributed by atoms with van der Waals surface area (Å²) < 4.78 is 59.1. The molecule has 162 valence electrons. The van der Waals surface area contributed by atoms with Crippen molar-refractivity contribution in [1.29, 1.82) is 0 Å². The first-order chi connectivity index (χ1) is 14.7. The summed E-state index contributed by atoms with van der Waals surface area (Å²) in [4.78, 5) is 16.5. The minimum absolute atomic E-state index is 0.0550. The van der Waals surface area contributed by atoms with Gasteiger partial charge in [0, 0.05) is 12.5 Å². The van der Waals surface area contributed by atoms with E-state index >= 15 is 0 Å². The summed E-state index contributed by atoms with van der Waals surface area (Å²) in [5.74, 6) is 0.519. The van der Waals surface area contributed by atoms with Gasteiger partial charge >= 0.3 is 0 Å². The molecule has 1 heterocycles. The van der Waals surface area contributed by atoms with Crippen LogP contribution in [0.4, 0.5) is 8.78 Å². The molecule has 31 heavy (non-hydrogen) atoms. The average molecular weight is 465 g/mol. The van der Waals surface area contributed by atoms with Gasteiger partial charge in [-0.2, -0.15) is 4.99 Å². The number of thiazole rings is 1.